The van der Waals surface area contributed by atoms with Crippen molar-refractivity contribution < 1.29 is 9.90 Å². The van der Waals surface area contributed by atoms with Crippen LogP contribution < -0.4 is 4.90 Å². The Bertz CT molecular complexity index is 825. The van der Waals surface area contributed by atoms with Crippen LogP contribution in [0.15, 0.2) is 42.5 Å². The van der Waals surface area contributed by atoms with Gasteiger partial charge in [0.2, 0.25) is 0 Å². The highest BCUT2D eigenvalue weighted by molar-refractivity contribution is 6.07. The van der Waals surface area contributed by atoms with E-state index in [0.717, 1.165) is 47.5 Å². The Morgan fingerprint density at radius 2 is 1.74 bits per heavy atom. The molecule has 0 radical (unpaired) electrons. The number of aryl methyl sites for hydroxylation is 1. The van der Waals surface area contributed by atoms with Gasteiger partial charge < -0.3 is 10.0 Å². The summed E-state index contributed by atoms with van der Waals surface area (Å²) in [7, 11) is 0. The molecule has 2 aromatic carbocycles. The third-order valence-electron chi connectivity index (χ3n) is 6.06. The number of aliphatic hydroxyl groups excluding tert-OH is 1. The Hall–Kier alpha value is -2.17. The van der Waals surface area contributed by atoms with E-state index in [-0.39, 0.29) is 11.9 Å². The summed E-state index contributed by atoms with van der Waals surface area (Å²) in [6.07, 6.45) is 2.79. The molecule has 0 aromatic heterocycles. The third-order valence-corrected chi connectivity index (χ3v) is 6.06. The van der Waals surface area contributed by atoms with E-state index in [9.17, 15) is 9.90 Å². The highest BCUT2D eigenvalue weighted by atomic mass is 16.3. The Balaban J connectivity index is 1.53. The minimum atomic E-state index is -0.491. The third kappa shape index (κ3) is 3.52. The van der Waals surface area contributed by atoms with Gasteiger partial charge in [-0.1, -0.05) is 29.8 Å². The van der Waals surface area contributed by atoms with Crippen LogP contribution in [-0.4, -0.2) is 41.6 Å². The second-order valence-electron chi connectivity index (χ2n) is 7.89. The normalized spacial score (nSPS) is 19.1. The van der Waals surface area contributed by atoms with Crippen molar-refractivity contribution in [2.75, 3.05) is 24.5 Å². The highest BCUT2D eigenvalue weighted by Crippen LogP contribution is 2.33. The maximum Gasteiger partial charge on any atom is 0.258 e. The van der Waals surface area contributed by atoms with Gasteiger partial charge in [0.1, 0.15) is 0 Å². The molecule has 2 atom stereocenters. The van der Waals surface area contributed by atoms with Crippen molar-refractivity contribution in [2.45, 2.75) is 45.3 Å². The minimum absolute atomic E-state index is 0.0486. The van der Waals surface area contributed by atoms with Gasteiger partial charge in [-0.3, -0.25) is 9.69 Å². The fraction of sp³-hybridized carbons (Fsp3) is 0.435. The second kappa shape index (κ2) is 7.45. The van der Waals surface area contributed by atoms with Crippen molar-refractivity contribution in [3.8, 4) is 0 Å². The Morgan fingerprint density at radius 3 is 2.44 bits per heavy atom. The van der Waals surface area contributed by atoms with Crippen LogP contribution in [0.2, 0.25) is 0 Å². The monoisotopic (exact) mass is 364 g/mol. The zero-order valence-corrected chi connectivity index (χ0v) is 16.2. The Labute approximate surface area is 161 Å². The van der Waals surface area contributed by atoms with E-state index in [1.54, 1.807) is 0 Å². The number of rotatable bonds is 4. The van der Waals surface area contributed by atoms with Crippen LogP contribution in [0.4, 0.5) is 5.69 Å². The van der Waals surface area contributed by atoms with Gasteiger partial charge in [0, 0.05) is 23.8 Å². The van der Waals surface area contributed by atoms with Crippen LogP contribution in [-0.2, 0) is 6.42 Å². The molecule has 2 aliphatic rings. The number of hydrogen-bond donors (Lipinski definition) is 1. The maximum absolute atomic E-state index is 12.9. The molecule has 27 heavy (non-hydrogen) atoms. The first-order chi connectivity index (χ1) is 13.0. The zero-order chi connectivity index (χ0) is 19.0. The summed E-state index contributed by atoms with van der Waals surface area (Å²) in [6, 6.07) is 13.9. The van der Waals surface area contributed by atoms with Crippen molar-refractivity contribution in [1.29, 1.82) is 0 Å². The lowest BCUT2D eigenvalue weighted by Gasteiger charge is -2.29. The first kappa shape index (κ1) is 18.2. The van der Waals surface area contributed by atoms with Crippen LogP contribution in [0.3, 0.4) is 0 Å². The Kier molecular flexibility index (Phi) is 5.02. The van der Waals surface area contributed by atoms with Crippen molar-refractivity contribution in [3.63, 3.8) is 0 Å². The number of aliphatic hydroxyl groups is 1. The van der Waals surface area contributed by atoms with E-state index in [0.29, 0.717) is 6.54 Å². The molecule has 1 saturated heterocycles. The van der Waals surface area contributed by atoms with Crippen molar-refractivity contribution in [2.24, 2.45) is 0 Å². The predicted octanol–water partition coefficient (Wildman–Crippen LogP) is 3.72. The fourth-order valence-electron chi connectivity index (χ4n) is 4.30. The van der Waals surface area contributed by atoms with Gasteiger partial charge >= 0.3 is 0 Å². The van der Waals surface area contributed by atoms with E-state index in [4.69, 9.17) is 0 Å². The van der Waals surface area contributed by atoms with Gasteiger partial charge in [-0.2, -0.15) is 0 Å². The molecule has 1 amide bonds. The largest absolute Gasteiger partial charge is 0.387 e. The van der Waals surface area contributed by atoms with E-state index < -0.39 is 6.10 Å². The predicted molar refractivity (Wildman–Crippen MR) is 108 cm³/mol. The number of benzene rings is 2. The molecule has 142 valence electrons. The molecule has 4 rings (SSSR count). The number of likely N-dealkylation sites (tertiary alicyclic amines) is 1. The van der Waals surface area contributed by atoms with E-state index in [2.05, 4.69) is 17.9 Å². The smallest absolute Gasteiger partial charge is 0.258 e. The lowest BCUT2D eigenvalue weighted by atomic mass is 9.99. The average molecular weight is 364 g/mol. The number of carbonyl (C=O) groups excluding carboxylic acids is 1. The lowest BCUT2D eigenvalue weighted by Crippen LogP contribution is -2.35. The number of anilines is 1. The molecule has 4 heteroatoms. The first-order valence-electron chi connectivity index (χ1n) is 9.98. The molecule has 2 heterocycles. The van der Waals surface area contributed by atoms with Gasteiger partial charge in [-0.25, -0.2) is 0 Å². The summed E-state index contributed by atoms with van der Waals surface area (Å²) in [4.78, 5) is 17.1. The standard InChI is InChI=1S/C23H28N2O2/c1-16-5-7-18(8-6-16)23(27)25-14-11-19-15-20(9-10-21(19)25)22(26)17(2)24-12-3-4-13-24/h5-10,15,17,22,26H,3-4,11-14H2,1-2H3. The highest BCUT2D eigenvalue weighted by Gasteiger charge is 2.29. The van der Waals surface area contributed by atoms with E-state index in [1.807, 2.05) is 48.2 Å². The van der Waals surface area contributed by atoms with Crippen LogP contribution >= 0.6 is 0 Å². The number of fused-ring (bicyclic) bond motifs is 1. The SMILES string of the molecule is Cc1ccc(C(=O)N2CCc3cc(C(O)C(C)N4CCCC4)ccc32)cc1. The van der Waals surface area contributed by atoms with Gasteiger partial charge in [0.15, 0.2) is 0 Å². The van der Waals surface area contributed by atoms with Crippen LogP contribution in [0, 0.1) is 6.92 Å². The van der Waals surface area contributed by atoms with Gasteiger partial charge in [0.05, 0.1) is 6.10 Å². The molecule has 1 N–H and O–H groups in total. The summed E-state index contributed by atoms with van der Waals surface area (Å²) in [5.41, 5.74) is 4.96. The molecule has 0 spiro atoms. The maximum atomic E-state index is 12.9. The number of carbonyl (C=O) groups is 1. The minimum Gasteiger partial charge on any atom is -0.387 e. The first-order valence-corrected chi connectivity index (χ1v) is 9.98. The molecule has 0 saturated carbocycles. The van der Waals surface area contributed by atoms with E-state index >= 15 is 0 Å². The molecule has 2 aromatic rings. The van der Waals surface area contributed by atoms with Crippen molar-refractivity contribution >= 4 is 11.6 Å². The zero-order valence-electron chi connectivity index (χ0n) is 16.2. The van der Waals surface area contributed by atoms with Gasteiger partial charge in [-0.05, 0) is 75.5 Å². The molecule has 0 bridgehead atoms. The van der Waals surface area contributed by atoms with Crippen molar-refractivity contribution in [3.05, 3.63) is 64.7 Å². The average Bonchev–Trinajstić information content (AvgIpc) is 3.36. The van der Waals surface area contributed by atoms with Crippen LogP contribution in [0.5, 0.6) is 0 Å². The summed E-state index contributed by atoms with van der Waals surface area (Å²) in [5.74, 6) is 0.0486. The Morgan fingerprint density at radius 1 is 1.04 bits per heavy atom. The van der Waals surface area contributed by atoms with Gasteiger partial charge in [0.25, 0.3) is 5.91 Å². The number of nitrogens with zero attached hydrogens (tertiary/aromatic N) is 2. The summed E-state index contributed by atoms with van der Waals surface area (Å²) in [5, 5.41) is 10.8. The number of amides is 1. The quantitative estimate of drug-likeness (QED) is 0.899. The van der Waals surface area contributed by atoms with Crippen LogP contribution in [0.25, 0.3) is 0 Å². The summed E-state index contributed by atoms with van der Waals surface area (Å²) in [6.45, 7) is 6.97. The molecular weight excluding hydrogens is 336 g/mol. The molecular formula is C23H28N2O2. The summed E-state index contributed by atoms with van der Waals surface area (Å²) < 4.78 is 0. The lowest BCUT2D eigenvalue weighted by molar-refractivity contribution is 0.0715. The molecule has 1 fully saturated rings. The fourth-order valence-corrected chi connectivity index (χ4v) is 4.30. The van der Waals surface area contributed by atoms with E-state index in [1.165, 1.54) is 12.8 Å². The molecule has 2 unspecified atom stereocenters. The molecule has 0 aliphatic carbocycles. The van der Waals surface area contributed by atoms with Crippen molar-refractivity contribution in [1.82, 2.24) is 4.90 Å². The second-order valence-corrected chi connectivity index (χ2v) is 7.89. The number of hydrogen-bond acceptors (Lipinski definition) is 3. The topological polar surface area (TPSA) is 43.8 Å². The summed E-state index contributed by atoms with van der Waals surface area (Å²) >= 11 is 0. The van der Waals surface area contributed by atoms with Crippen LogP contribution in [0.1, 0.15) is 52.9 Å². The van der Waals surface area contributed by atoms with Gasteiger partial charge in [-0.15, -0.1) is 0 Å². The molecule has 2 aliphatic heterocycles. The molecule has 4 nitrogen and oxygen atoms in total.